The molecule has 206 valence electrons. The summed E-state index contributed by atoms with van der Waals surface area (Å²) < 4.78 is 18.4. The maximum atomic E-state index is 12.2. The number of ether oxygens (including phenoxy) is 2. The molecule has 3 aromatic rings. The molecule has 0 aromatic carbocycles. The number of hydrogen-bond acceptors (Lipinski definition) is 11. The number of aromatic nitrogens is 5. The predicted molar refractivity (Wildman–Crippen MR) is 135 cm³/mol. The largest absolute Gasteiger partial charge is 0.447 e. The summed E-state index contributed by atoms with van der Waals surface area (Å²) in [4.78, 5) is 27.1. The molecule has 0 radical (unpaired) electrons. The molecule has 3 N–H and O–H groups in total. The van der Waals surface area contributed by atoms with Crippen LogP contribution in [-0.4, -0.2) is 83.3 Å². The molecular formula is C25H35N7O6. The summed E-state index contributed by atoms with van der Waals surface area (Å²) in [5, 5.41) is 29.1. The van der Waals surface area contributed by atoms with Crippen LogP contribution in [0.4, 0.5) is 10.6 Å². The van der Waals surface area contributed by atoms with Crippen molar-refractivity contribution in [3.63, 3.8) is 0 Å². The van der Waals surface area contributed by atoms with Gasteiger partial charge in [0, 0.05) is 30.6 Å². The number of nitrogens with zero attached hydrogens (tertiary/aromatic N) is 6. The van der Waals surface area contributed by atoms with Crippen molar-refractivity contribution in [2.45, 2.75) is 89.6 Å². The van der Waals surface area contributed by atoms with Crippen LogP contribution in [0, 0.1) is 0 Å². The van der Waals surface area contributed by atoms with Gasteiger partial charge in [-0.25, -0.2) is 19.7 Å². The van der Waals surface area contributed by atoms with Gasteiger partial charge in [-0.15, -0.1) is 0 Å². The summed E-state index contributed by atoms with van der Waals surface area (Å²) in [5.74, 6) is 0.889. The van der Waals surface area contributed by atoms with E-state index in [0.29, 0.717) is 35.8 Å². The standard InChI is InChI=1S/C25H35N7O6/c1-13(2)36-24(35)31-8-6-14(7-9-31)29-21-17-22(27-11-26-21)32(12-28-17)23-19(34)18(33)20(37-23)15-10-16(30-38-15)25(3,4)5/h10-14,18-20,23,33-34H,6-9H2,1-5H3,(H,26,27,29)/t18-,19+,20+,23+/m0/s1. The lowest BCUT2D eigenvalue weighted by atomic mass is 9.92. The molecule has 0 unspecified atom stereocenters. The minimum Gasteiger partial charge on any atom is -0.447 e. The SMILES string of the molecule is CC(C)OC(=O)N1CCC(Nc2ncnc3c2ncn3[C@@H]2O[C@H](c3cc(C(C)(C)C)no3)[C@@H](O)[C@H]2O)CC1. The first kappa shape index (κ1) is 26.3. The smallest absolute Gasteiger partial charge is 0.410 e. The lowest BCUT2D eigenvalue weighted by molar-refractivity contribution is -0.0434. The number of rotatable bonds is 5. The van der Waals surface area contributed by atoms with Gasteiger partial charge in [0.15, 0.2) is 29.0 Å². The number of carbonyl (C=O) groups excluding carboxylic acids is 1. The molecule has 2 fully saturated rings. The van der Waals surface area contributed by atoms with Crippen LogP contribution in [-0.2, 0) is 14.9 Å². The first-order chi connectivity index (χ1) is 18.0. The van der Waals surface area contributed by atoms with Crippen molar-refractivity contribution in [3.8, 4) is 0 Å². The second kappa shape index (κ2) is 10.1. The average Bonchev–Trinajstić information content (AvgIpc) is 3.58. The minimum atomic E-state index is -1.25. The molecule has 5 rings (SSSR count). The summed E-state index contributed by atoms with van der Waals surface area (Å²) in [6.45, 7) is 10.8. The monoisotopic (exact) mass is 529 g/mol. The average molecular weight is 530 g/mol. The Morgan fingerprint density at radius 3 is 2.55 bits per heavy atom. The lowest BCUT2D eigenvalue weighted by Gasteiger charge is -2.32. The normalized spacial score (nSPS) is 24.9. The van der Waals surface area contributed by atoms with Gasteiger partial charge in [0.05, 0.1) is 18.1 Å². The molecule has 4 atom stereocenters. The Morgan fingerprint density at radius 2 is 1.89 bits per heavy atom. The van der Waals surface area contributed by atoms with Gasteiger partial charge in [-0.3, -0.25) is 4.57 Å². The summed E-state index contributed by atoms with van der Waals surface area (Å²) in [5.41, 5.74) is 1.45. The van der Waals surface area contributed by atoms with Crippen LogP contribution < -0.4 is 5.32 Å². The van der Waals surface area contributed by atoms with Gasteiger partial charge in [-0.2, -0.15) is 0 Å². The van der Waals surface area contributed by atoms with E-state index in [9.17, 15) is 15.0 Å². The molecule has 0 bridgehead atoms. The van der Waals surface area contributed by atoms with Gasteiger partial charge in [0.2, 0.25) is 0 Å². The number of carbonyl (C=O) groups is 1. The van der Waals surface area contributed by atoms with Crippen molar-refractivity contribution in [2.75, 3.05) is 18.4 Å². The van der Waals surface area contributed by atoms with E-state index < -0.39 is 24.5 Å². The number of amides is 1. The summed E-state index contributed by atoms with van der Waals surface area (Å²) >= 11 is 0. The molecule has 1 amide bonds. The number of anilines is 1. The van der Waals surface area contributed by atoms with E-state index in [-0.39, 0.29) is 23.7 Å². The zero-order chi connectivity index (χ0) is 27.2. The Hall–Kier alpha value is -3.29. The van der Waals surface area contributed by atoms with Gasteiger partial charge in [-0.1, -0.05) is 25.9 Å². The Morgan fingerprint density at radius 1 is 1.16 bits per heavy atom. The summed E-state index contributed by atoms with van der Waals surface area (Å²) in [7, 11) is 0. The fourth-order valence-corrected chi connectivity index (χ4v) is 4.72. The quantitative estimate of drug-likeness (QED) is 0.445. The summed E-state index contributed by atoms with van der Waals surface area (Å²) in [6.07, 6.45) is -0.387. The molecule has 38 heavy (non-hydrogen) atoms. The van der Waals surface area contributed by atoms with E-state index in [2.05, 4.69) is 25.4 Å². The molecular weight excluding hydrogens is 494 g/mol. The third kappa shape index (κ3) is 5.05. The van der Waals surface area contributed by atoms with Crippen molar-refractivity contribution in [1.82, 2.24) is 29.6 Å². The van der Waals surface area contributed by atoms with Gasteiger partial charge in [0.1, 0.15) is 24.6 Å². The lowest BCUT2D eigenvalue weighted by Crippen LogP contribution is -2.43. The summed E-state index contributed by atoms with van der Waals surface area (Å²) in [6, 6.07) is 1.83. The first-order valence-corrected chi connectivity index (χ1v) is 12.9. The Kier molecular flexibility index (Phi) is 7.01. The minimum absolute atomic E-state index is 0.0874. The van der Waals surface area contributed by atoms with Crippen molar-refractivity contribution < 1.29 is 29.0 Å². The maximum Gasteiger partial charge on any atom is 0.410 e. The Bertz CT molecular complexity index is 1280. The van der Waals surface area contributed by atoms with E-state index in [4.69, 9.17) is 14.0 Å². The zero-order valence-corrected chi connectivity index (χ0v) is 22.2. The molecule has 5 heterocycles. The zero-order valence-electron chi connectivity index (χ0n) is 22.2. The number of imidazole rings is 1. The number of aliphatic hydroxyl groups excluding tert-OH is 2. The van der Waals surface area contributed by atoms with Gasteiger partial charge >= 0.3 is 6.09 Å². The molecule has 0 aliphatic carbocycles. The molecule has 0 saturated carbocycles. The molecule has 3 aromatic heterocycles. The maximum absolute atomic E-state index is 12.2. The van der Waals surface area contributed by atoms with Crippen LogP contribution in [0.3, 0.4) is 0 Å². The van der Waals surface area contributed by atoms with E-state index >= 15 is 0 Å². The van der Waals surface area contributed by atoms with E-state index in [1.807, 2.05) is 34.6 Å². The predicted octanol–water partition coefficient (Wildman–Crippen LogP) is 2.53. The van der Waals surface area contributed by atoms with Crippen LogP contribution in [0.5, 0.6) is 0 Å². The molecule has 13 heteroatoms. The molecule has 2 aliphatic heterocycles. The number of likely N-dealkylation sites (tertiary alicyclic amines) is 1. The van der Waals surface area contributed by atoms with Crippen LogP contribution >= 0.6 is 0 Å². The van der Waals surface area contributed by atoms with E-state index in [1.54, 1.807) is 15.5 Å². The Labute approximate surface area is 220 Å². The molecule has 13 nitrogen and oxygen atoms in total. The molecule has 2 aliphatic rings. The second-order valence-corrected chi connectivity index (χ2v) is 11.2. The van der Waals surface area contributed by atoms with Crippen molar-refractivity contribution in [3.05, 3.63) is 30.2 Å². The van der Waals surface area contributed by atoms with Crippen molar-refractivity contribution in [1.29, 1.82) is 0 Å². The first-order valence-electron chi connectivity index (χ1n) is 12.9. The number of aliphatic hydroxyl groups is 2. The Balaban J connectivity index is 1.30. The molecule has 2 saturated heterocycles. The van der Waals surface area contributed by atoms with Crippen LogP contribution in [0.1, 0.15) is 71.2 Å². The topological polar surface area (TPSA) is 161 Å². The van der Waals surface area contributed by atoms with Gasteiger partial charge in [0.25, 0.3) is 0 Å². The highest BCUT2D eigenvalue weighted by molar-refractivity contribution is 5.82. The van der Waals surface area contributed by atoms with Crippen LogP contribution in [0.2, 0.25) is 0 Å². The van der Waals surface area contributed by atoms with E-state index in [0.717, 1.165) is 18.5 Å². The second-order valence-electron chi connectivity index (χ2n) is 11.2. The van der Waals surface area contributed by atoms with Crippen LogP contribution in [0.25, 0.3) is 11.2 Å². The highest BCUT2D eigenvalue weighted by Gasteiger charge is 2.47. The van der Waals surface area contributed by atoms with Crippen molar-refractivity contribution in [2.24, 2.45) is 0 Å². The van der Waals surface area contributed by atoms with E-state index in [1.165, 1.54) is 12.7 Å². The molecule has 0 spiro atoms. The van der Waals surface area contributed by atoms with Crippen molar-refractivity contribution >= 4 is 23.1 Å². The van der Waals surface area contributed by atoms with Crippen LogP contribution in [0.15, 0.2) is 23.2 Å². The fraction of sp³-hybridized carbons (Fsp3) is 0.640. The number of fused-ring (bicyclic) bond motifs is 1. The third-order valence-electron chi connectivity index (χ3n) is 6.88. The third-order valence-corrected chi connectivity index (χ3v) is 6.88. The number of hydrogen-bond donors (Lipinski definition) is 3. The number of piperidine rings is 1. The van der Waals surface area contributed by atoms with Gasteiger partial charge in [-0.05, 0) is 26.7 Å². The highest BCUT2D eigenvalue weighted by atomic mass is 16.6. The fourth-order valence-electron chi connectivity index (χ4n) is 4.72. The highest BCUT2D eigenvalue weighted by Crippen LogP contribution is 2.41. The van der Waals surface area contributed by atoms with Gasteiger partial charge < -0.3 is 34.4 Å². The number of nitrogens with one attached hydrogen (secondary N) is 1.